The van der Waals surface area contributed by atoms with E-state index in [9.17, 15) is 14.9 Å². The Kier molecular flexibility index (Phi) is 4.64. The van der Waals surface area contributed by atoms with Gasteiger partial charge in [0.05, 0.1) is 4.92 Å². The van der Waals surface area contributed by atoms with Crippen LogP contribution in [0.3, 0.4) is 0 Å². The standard InChI is InChI=1S/C16H17N5O3/c22-16(14-4-1-2-7-17-14)20-9-3-8-19(10-11-20)15-6-5-13(12-18-15)21(23)24/h1-2,4-7,12H,3,8-11H2. The number of rotatable bonds is 3. The molecule has 0 aromatic carbocycles. The van der Waals surface area contributed by atoms with Gasteiger partial charge in [-0.05, 0) is 24.6 Å². The molecule has 8 nitrogen and oxygen atoms in total. The molecule has 1 aliphatic rings. The van der Waals surface area contributed by atoms with Crippen LogP contribution in [0.25, 0.3) is 0 Å². The minimum atomic E-state index is -0.466. The third kappa shape index (κ3) is 3.48. The van der Waals surface area contributed by atoms with Gasteiger partial charge in [-0.15, -0.1) is 0 Å². The van der Waals surface area contributed by atoms with Gasteiger partial charge in [-0.1, -0.05) is 6.07 Å². The number of carbonyl (C=O) groups excluding carboxylic acids is 1. The quantitative estimate of drug-likeness (QED) is 0.630. The van der Waals surface area contributed by atoms with Crippen molar-refractivity contribution in [2.24, 2.45) is 0 Å². The molecule has 0 atom stereocenters. The summed E-state index contributed by atoms with van der Waals surface area (Å²) in [5.74, 6) is 0.613. The minimum Gasteiger partial charge on any atom is -0.355 e. The van der Waals surface area contributed by atoms with Gasteiger partial charge in [0.15, 0.2) is 0 Å². The zero-order valence-corrected chi connectivity index (χ0v) is 13.0. The van der Waals surface area contributed by atoms with E-state index < -0.39 is 4.92 Å². The molecule has 3 heterocycles. The summed E-state index contributed by atoms with van der Waals surface area (Å²) in [6.45, 7) is 2.59. The Balaban J connectivity index is 1.66. The number of hydrogen-bond donors (Lipinski definition) is 0. The van der Waals surface area contributed by atoms with Crippen LogP contribution in [0.2, 0.25) is 0 Å². The van der Waals surface area contributed by atoms with Crippen LogP contribution < -0.4 is 4.90 Å². The number of pyridine rings is 2. The number of nitrogens with zero attached hydrogens (tertiary/aromatic N) is 5. The van der Waals surface area contributed by atoms with Crippen molar-refractivity contribution in [2.45, 2.75) is 6.42 Å². The largest absolute Gasteiger partial charge is 0.355 e. The highest BCUT2D eigenvalue weighted by atomic mass is 16.6. The summed E-state index contributed by atoms with van der Waals surface area (Å²) in [4.78, 5) is 34.8. The molecule has 1 aliphatic heterocycles. The Morgan fingerprint density at radius 3 is 2.62 bits per heavy atom. The normalized spacial score (nSPS) is 15.0. The summed E-state index contributed by atoms with van der Waals surface area (Å²) < 4.78 is 0. The van der Waals surface area contributed by atoms with E-state index in [0.29, 0.717) is 31.1 Å². The molecule has 2 aromatic heterocycles. The number of nitro groups is 1. The molecule has 0 unspecified atom stereocenters. The van der Waals surface area contributed by atoms with Crippen LogP contribution in [0.4, 0.5) is 11.5 Å². The Labute approximate surface area is 138 Å². The molecule has 8 heteroatoms. The first-order valence-electron chi connectivity index (χ1n) is 7.71. The van der Waals surface area contributed by atoms with Crippen LogP contribution in [0.15, 0.2) is 42.7 Å². The maximum atomic E-state index is 12.5. The molecule has 0 saturated carbocycles. The predicted molar refractivity (Wildman–Crippen MR) is 87.9 cm³/mol. The topological polar surface area (TPSA) is 92.5 Å². The first-order chi connectivity index (χ1) is 11.6. The molecule has 0 spiro atoms. The van der Waals surface area contributed by atoms with Crippen molar-refractivity contribution in [1.82, 2.24) is 14.9 Å². The molecule has 1 saturated heterocycles. The van der Waals surface area contributed by atoms with Gasteiger partial charge in [-0.2, -0.15) is 0 Å². The fourth-order valence-corrected chi connectivity index (χ4v) is 2.67. The Morgan fingerprint density at radius 1 is 1.08 bits per heavy atom. The summed E-state index contributed by atoms with van der Waals surface area (Å²) in [5, 5.41) is 10.7. The molecular weight excluding hydrogens is 310 g/mol. The van der Waals surface area contributed by atoms with Crippen molar-refractivity contribution in [3.05, 3.63) is 58.5 Å². The van der Waals surface area contributed by atoms with Crippen LogP contribution >= 0.6 is 0 Å². The lowest BCUT2D eigenvalue weighted by atomic mass is 10.3. The van der Waals surface area contributed by atoms with Crippen molar-refractivity contribution in [3.8, 4) is 0 Å². The van der Waals surface area contributed by atoms with Crippen molar-refractivity contribution in [1.29, 1.82) is 0 Å². The van der Waals surface area contributed by atoms with Gasteiger partial charge in [0.1, 0.15) is 17.7 Å². The van der Waals surface area contributed by atoms with E-state index in [0.717, 1.165) is 13.0 Å². The van der Waals surface area contributed by atoms with Gasteiger partial charge < -0.3 is 9.80 Å². The van der Waals surface area contributed by atoms with Crippen LogP contribution in [0.1, 0.15) is 16.9 Å². The van der Waals surface area contributed by atoms with Crippen LogP contribution in [-0.2, 0) is 0 Å². The second kappa shape index (κ2) is 7.03. The lowest BCUT2D eigenvalue weighted by Gasteiger charge is -2.22. The molecular formula is C16H17N5O3. The zero-order valence-electron chi connectivity index (χ0n) is 13.0. The van der Waals surface area contributed by atoms with Crippen LogP contribution in [-0.4, -0.2) is 51.9 Å². The van der Waals surface area contributed by atoms with E-state index in [-0.39, 0.29) is 11.6 Å². The van der Waals surface area contributed by atoms with Gasteiger partial charge >= 0.3 is 0 Å². The average molecular weight is 327 g/mol. The second-order valence-corrected chi connectivity index (χ2v) is 5.48. The van der Waals surface area contributed by atoms with E-state index in [4.69, 9.17) is 0 Å². The first kappa shape index (κ1) is 15.9. The molecule has 0 aliphatic carbocycles. The summed E-state index contributed by atoms with van der Waals surface area (Å²) >= 11 is 0. The molecule has 0 radical (unpaired) electrons. The van der Waals surface area contributed by atoms with E-state index in [2.05, 4.69) is 9.97 Å². The monoisotopic (exact) mass is 327 g/mol. The van der Waals surface area contributed by atoms with Crippen molar-refractivity contribution in [2.75, 3.05) is 31.1 Å². The van der Waals surface area contributed by atoms with Gasteiger partial charge in [0.25, 0.3) is 11.6 Å². The molecule has 3 rings (SSSR count). The molecule has 0 bridgehead atoms. The number of aromatic nitrogens is 2. The highest BCUT2D eigenvalue weighted by Gasteiger charge is 2.21. The molecule has 1 fully saturated rings. The fraction of sp³-hybridized carbons (Fsp3) is 0.312. The third-order valence-electron chi connectivity index (χ3n) is 3.93. The van der Waals surface area contributed by atoms with Gasteiger partial charge in [0, 0.05) is 38.4 Å². The average Bonchev–Trinajstić information content (AvgIpc) is 2.88. The molecule has 1 amide bonds. The molecule has 124 valence electrons. The maximum Gasteiger partial charge on any atom is 0.287 e. The number of amides is 1. The maximum absolute atomic E-state index is 12.5. The lowest BCUT2D eigenvalue weighted by molar-refractivity contribution is -0.385. The van der Waals surface area contributed by atoms with E-state index in [1.807, 2.05) is 4.90 Å². The molecule has 0 N–H and O–H groups in total. The van der Waals surface area contributed by atoms with E-state index in [1.165, 1.54) is 12.3 Å². The van der Waals surface area contributed by atoms with E-state index >= 15 is 0 Å². The Bertz CT molecular complexity index is 720. The number of carbonyl (C=O) groups is 1. The molecule has 24 heavy (non-hydrogen) atoms. The highest BCUT2D eigenvalue weighted by molar-refractivity contribution is 5.92. The third-order valence-corrected chi connectivity index (χ3v) is 3.93. The predicted octanol–water partition coefficient (Wildman–Crippen LogP) is 1.74. The summed E-state index contributed by atoms with van der Waals surface area (Å²) in [7, 11) is 0. The fourth-order valence-electron chi connectivity index (χ4n) is 2.67. The number of anilines is 1. The van der Waals surface area contributed by atoms with Crippen LogP contribution in [0, 0.1) is 10.1 Å². The van der Waals surface area contributed by atoms with Gasteiger partial charge in [0.2, 0.25) is 0 Å². The van der Waals surface area contributed by atoms with Crippen LogP contribution in [0.5, 0.6) is 0 Å². The highest BCUT2D eigenvalue weighted by Crippen LogP contribution is 2.18. The smallest absolute Gasteiger partial charge is 0.287 e. The SMILES string of the molecule is O=C(c1ccccn1)N1CCCN(c2ccc([N+](=O)[O-])cn2)CC1. The van der Waals surface area contributed by atoms with Crippen molar-refractivity contribution in [3.63, 3.8) is 0 Å². The summed E-state index contributed by atoms with van der Waals surface area (Å²) in [6.07, 6.45) is 3.67. The molecule has 2 aromatic rings. The van der Waals surface area contributed by atoms with Gasteiger partial charge in [-0.25, -0.2) is 4.98 Å². The van der Waals surface area contributed by atoms with E-state index in [1.54, 1.807) is 35.4 Å². The van der Waals surface area contributed by atoms with Gasteiger partial charge in [-0.3, -0.25) is 19.9 Å². The Morgan fingerprint density at radius 2 is 1.96 bits per heavy atom. The second-order valence-electron chi connectivity index (χ2n) is 5.48. The van der Waals surface area contributed by atoms with Crippen molar-refractivity contribution >= 4 is 17.4 Å². The zero-order chi connectivity index (χ0) is 16.9. The Hall–Kier alpha value is -3.03. The minimum absolute atomic E-state index is 0.0273. The lowest BCUT2D eigenvalue weighted by Crippen LogP contribution is -2.35. The first-order valence-corrected chi connectivity index (χ1v) is 7.71. The number of hydrogen-bond acceptors (Lipinski definition) is 6. The van der Waals surface area contributed by atoms with Crippen molar-refractivity contribution < 1.29 is 9.72 Å². The summed E-state index contributed by atoms with van der Waals surface area (Å²) in [6, 6.07) is 8.38. The summed E-state index contributed by atoms with van der Waals surface area (Å²) in [5.41, 5.74) is 0.417.